The highest BCUT2D eigenvalue weighted by Gasteiger charge is 2.36. The number of aromatic carboxylic acids is 1. The quantitative estimate of drug-likeness (QED) is 0.734. The van der Waals surface area contributed by atoms with E-state index in [2.05, 4.69) is 4.83 Å². The zero-order valence-electron chi connectivity index (χ0n) is 15.2. The Morgan fingerprint density at radius 1 is 1.21 bits per heavy atom. The number of carboxylic acids is 1. The predicted octanol–water partition coefficient (Wildman–Crippen LogP) is 1.92. The van der Waals surface area contributed by atoms with Crippen LogP contribution >= 0.6 is 11.8 Å². The highest BCUT2D eigenvalue weighted by molar-refractivity contribution is 8.00. The van der Waals surface area contributed by atoms with E-state index in [0.29, 0.717) is 0 Å². The lowest BCUT2D eigenvalue weighted by atomic mass is 10.2. The average molecular weight is 422 g/mol. The molecule has 1 unspecified atom stereocenters. The van der Waals surface area contributed by atoms with Crippen molar-refractivity contribution in [2.75, 3.05) is 24.7 Å². The number of carbonyl (C=O) groups excluding carboxylic acids is 1. The molecule has 1 aliphatic rings. The molecule has 0 radical (unpaired) electrons. The summed E-state index contributed by atoms with van der Waals surface area (Å²) in [6, 6.07) is 12.4. The number of hydrogen-bond donors (Lipinski definition) is 2. The van der Waals surface area contributed by atoms with Gasteiger partial charge in [-0.15, -0.1) is 16.6 Å². The van der Waals surface area contributed by atoms with Gasteiger partial charge in [0, 0.05) is 19.8 Å². The minimum atomic E-state index is -4.12. The fraction of sp³-hybridized carbons (Fsp3) is 0.222. The van der Waals surface area contributed by atoms with E-state index in [0.717, 1.165) is 22.3 Å². The number of hydrazine groups is 1. The molecule has 2 N–H and O–H groups in total. The normalized spacial score (nSPS) is 17.0. The molecule has 0 aliphatic carbocycles. The molecule has 10 heteroatoms. The second kappa shape index (κ2) is 7.82. The predicted molar refractivity (Wildman–Crippen MR) is 107 cm³/mol. The molecular weight excluding hydrogens is 402 g/mol. The number of nitrogens with zero attached hydrogens (tertiary/aromatic N) is 2. The van der Waals surface area contributed by atoms with Gasteiger partial charge in [0.05, 0.1) is 16.2 Å². The summed E-state index contributed by atoms with van der Waals surface area (Å²) in [5.41, 5.74) is 1.61. The van der Waals surface area contributed by atoms with Crippen molar-refractivity contribution in [3.63, 3.8) is 0 Å². The second-order valence-corrected chi connectivity index (χ2v) is 9.07. The van der Waals surface area contributed by atoms with Crippen molar-refractivity contribution < 1.29 is 23.1 Å². The first-order valence-corrected chi connectivity index (χ1v) is 10.8. The smallest absolute Gasteiger partial charge is 0.335 e. The van der Waals surface area contributed by atoms with Crippen molar-refractivity contribution in [2.45, 2.75) is 10.3 Å². The minimum absolute atomic E-state index is 0.137. The highest BCUT2D eigenvalue weighted by atomic mass is 32.2. The number of carboxylic acid groups (broad SMARTS) is 1. The Bertz CT molecular complexity index is 1010. The van der Waals surface area contributed by atoms with Gasteiger partial charge >= 0.3 is 5.97 Å². The zero-order valence-corrected chi connectivity index (χ0v) is 16.8. The number of thioether (sulfide) groups is 1. The number of amides is 1. The third-order valence-electron chi connectivity index (χ3n) is 4.17. The maximum absolute atomic E-state index is 12.7. The molecule has 2 aromatic carbocycles. The number of nitrogens with one attached hydrogen (secondary N) is 1. The molecule has 1 atom stereocenters. The third-order valence-corrected chi connectivity index (χ3v) is 6.70. The first kappa shape index (κ1) is 20.2. The molecule has 3 rings (SSSR count). The molecule has 1 heterocycles. The van der Waals surface area contributed by atoms with Gasteiger partial charge in [-0.25, -0.2) is 18.2 Å². The molecule has 1 amide bonds. The van der Waals surface area contributed by atoms with Gasteiger partial charge in [0.25, 0.3) is 10.0 Å². The third kappa shape index (κ3) is 4.13. The van der Waals surface area contributed by atoms with E-state index >= 15 is 0 Å². The standard InChI is InChI=1S/C18H19N3O5S2/c1-20(2)14-8-6-12(7-9-14)17-21(16(22)11-27-17)19-28(25,26)15-5-3-4-13(10-15)18(23)24/h3-10,17,19H,11H2,1-2H3,(H,23,24). The van der Waals surface area contributed by atoms with Gasteiger partial charge in [0.15, 0.2) is 0 Å². The average Bonchev–Trinajstić information content (AvgIpc) is 3.02. The number of hydrogen-bond acceptors (Lipinski definition) is 6. The lowest BCUT2D eigenvalue weighted by molar-refractivity contribution is -0.129. The van der Waals surface area contributed by atoms with Crippen LogP contribution in [0.2, 0.25) is 0 Å². The van der Waals surface area contributed by atoms with Crippen molar-refractivity contribution in [3.05, 3.63) is 59.7 Å². The summed E-state index contributed by atoms with van der Waals surface area (Å²) in [4.78, 5) is 27.4. The van der Waals surface area contributed by atoms with Crippen LogP contribution in [0.25, 0.3) is 0 Å². The monoisotopic (exact) mass is 421 g/mol. The van der Waals surface area contributed by atoms with Gasteiger partial charge in [-0.3, -0.25) is 4.79 Å². The van der Waals surface area contributed by atoms with Crippen LogP contribution in [-0.2, 0) is 14.8 Å². The van der Waals surface area contributed by atoms with Crippen LogP contribution in [0, 0.1) is 0 Å². The fourth-order valence-corrected chi connectivity index (χ4v) is 4.97. The largest absolute Gasteiger partial charge is 0.478 e. The topological polar surface area (TPSA) is 107 Å². The van der Waals surface area contributed by atoms with E-state index < -0.39 is 21.4 Å². The Kier molecular flexibility index (Phi) is 5.64. The van der Waals surface area contributed by atoms with Crippen LogP contribution < -0.4 is 9.73 Å². The molecule has 0 saturated carbocycles. The van der Waals surface area contributed by atoms with Gasteiger partial charge in [-0.2, -0.15) is 0 Å². The fourth-order valence-electron chi connectivity index (χ4n) is 2.68. The summed E-state index contributed by atoms with van der Waals surface area (Å²) in [6.45, 7) is 0. The Morgan fingerprint density at radius 3 is 2.50 bits per heavy atom. The molecular formula is C18H19N3O5S2. The van der Waals surface area contributed by atoms with Crippen LogP contribution in [0.5, 0.6) is 0 Å². The Labute approximate surface area is 167 Å². The van der Waals surface area contributed by atoms with Gasteiger partial charge in [-0.05, 0) is 35.9 Å². The molecule has 1 saturated heterocycles. The maximum Gasteiger partial charge on any atom is 0.335 e. The molecule has 0 bridgehead atoms. The first-order chi connectivity index (χ1) is 13.2. The van der Waals surface area contributed by atoms with Crippen molar-refractivity contribution in [1.29, 1.82) is 0 Å². The molecule has 0 spiro atoms. The molecule has 2 aromatic rings. The summed E-state index contributed by atoms with van der Waals surface area (Å²) in [7, 11) is -0.302. The molecule has 28 heavy (non-hydrogen) atoms. The summed E-state index contributed by atoms with van der Waals surface area (Å²) >= 11 is 1.31. The van der Waals surface area contributed by atoms with E-state index in [-0.39, 0.29) is 22.1 Å². The number of sulfonamides is 1. The highest BCUT2D eigenvalue weighted by Crippen LogP contribution is 2.38. The molecule has 8 nitrogen and oxygen atoms in total. The van der Waals surface area contributed by atoms with Crippen LogP contribution in [0.15, 0.2) is 53.4 Å². The van der Waals surface area contributed by atoms with Gasteiger partial charge in [0.1, 0.15) is 5.37 Å². The number of anilines is 1. The van der Waals surface area contributed by atoms with Crippen molar-refractivity contribution in [3.8, 4) is 0 Å². The van der Waals surface area contributed by atoms with Crippen LogP contribution in [-0.4, -0.2) is 50.3 Å². The van der Waals surface area contributed by atoms with Gasteiger partial charge in [0.2, 0.25) is 5.91 Å². The summed E-state index contributed by atoms with van der Waals surface area (Å²) in [5.74, 6) is -1.47. The van der Waals surface area contributed by atoms with Gasteiger partial charge < -0.3 is 10.0 Å². The Morgan fingerprint density at radius 2 is 1.89 bits per heavy atom. The summed E-state index contributed by atoms with van der Waals surface area (Å²) < 4.78 is 25.4. The van der Waals surface area contributed by atoms with E-state index in [4.69, 9.17) is 5.11 Å². The van der Waals surface area contributed by atoms with E-state index in [1.807, 2.05) is 43.3 Å². The van der Waals surface area contributed by atoms with Crippen molar-refractivity contribution in [2.24, 2.45) is 0 Å². The van der Waals surface area contributed by atoms with Crippen LogP contribution in [0.4, 0.5) is 5.69 Å². The Hall–Kier alpha value is -2.56. The molecule has 1 fully saturated rings. The molecule has 1 aliphatic heterocycles. The van der Waals surface area contributed by atoms with Gasteiger partial charge in [-0.1, -0.05) is 18.2 Å². The Balaban J connectivity index is 1.87. The van der Waals surface area contributed by atoms with E-state index in [1.165, 1.54) is 30.0 Å². The molecule has 0 aromatic heterocycles. The summed E-state index contributed by atoms with van der Waals surface area (Å²) in [6.07, 6.45) is 0. The minimum Gasteiger partial charge on any atom is -0.478 e. The summed E-state index contributed by atoms with van der Waals surface area (Å²) in [5, 5.41) is 9.64. The van der Waals surface area contributed by atoms with Crippen molar-refractivity contribution in [1.82, 2.24) is 9.84 Å². The van der Waals surface area contributed by atoms with E-state index in [9.17, 15) is 18.0 Å². The first-order valence-electron chi connectivity index (χ1n) is 8.26. The number of carbonyl (C=O) groups is 2. The van der Waals surface area contributed by atoms with E-state index in [1.54, 1.807) is 0 Å². The van der Waals surface area contributed by atoms with Crippen LogP contribution in [0.1, 0.15) is 21.3 Å². The second-order valence-electron chi connectivity index (χ2n) is 6.34. The lowest BCUT2D eigenvalue weighted by Gasteiger charge is -2.25. The molecule has 148 valence electrons. The maximum atomic E-state index is 12.7. The van der Waals surface area contributed by atoms with Crippen molar-refractivity contribution >= 4 is 39.3 Å². The van der Waals surface area contributed by atoms with Crippen LogP contribution in [0.3, 0.4) is 0 Å². The lowest BCUT2D eigenvalue weighted by Crippen LogP contribution is -2.44. The SMILES string of the molecule is CN(C)c1ccc(C2SCC(=O)N2NS(=O)(=O)c2cccc(C(=O)O)c2)cc1. The number of benzene rings is 2. The zero-order chi connectivity index (χ0) is 20.5. The number of rotatable bonds is 6.